The minimum Gasteiger partial charge on any atom is -0.481 e. The third-order valence-electron chi connectivity index (χ3n) is 4.86. The molecule has 1 aliphatic heterocycles. The molecule has 2 heterocycles. The van der Waals surface area contributed by atoms with Crippen molar-refractivity contribution in [2.45, 2.75) is 38.8 Å². The second-order valence-electron chi connectivity index (χ2n) is 6.81. The van der Waals surface area contributed by atoms with Gasteiger partial charge in [0.2, 0.25) is 0 Å². The van der Waals surface area contributed by atoms with Crippen molar-refractivity contribution in [3.05, 3.63) is 53.5 Å². The highest BCUT2D eigenvalue weighted by Crippen LogP contribution is 2.33. The topological polar surface area (TPSA) is 74.0 Å². The Morgan fingerprint density at radius 2 is 2.08 bits per heavy atom. The minimum absolute atomic E-state index is 0.0463. The maximum atomic E-state index is 12.7. The van der Waals surface area contributed by atoms with Gasteiger partial charge in [0.1, 0.15) is 0 Å². The summed E-state index contributed by atoms with van der Waals surface area (Å²) in [6.45, 7) is 3.17. The molecular formula is C20H24N2O4. The number of carbonyl (C=O) groups excluding carboxylic acids is 1. The fourth-order valence-corrected chi connectivity index (χ4v) is 3.44. The minimum atomic E-state index is -0.855. The van der Waals surface area contributed by atoms with Crippen molar-refractivity contribution in [2.75, 3.05) is 18.5 Å². The van der Waals surface area contributed by atoms with E-state index >= 15 is 0 Å². The van der Waals surface area contributed by atoms with E-state index in [2.05, 4.69) is 24.0 Å². The summed E-state index contributed by atoms with van der Waals surface area (Å²) in [5, 5.41) is 8.73. The number of carboxylic acid groups (broad SMARTS) is 1. The summed E-state index contributed by atoms with van der Waals surface area (Å²) in [6.07, 6.45) is 3.00. The number of nitrogens with zero attached hydrogens (tertiary/aromatic N) is 2. The lowest BCUT2D eigenvalue weighted by Crippen LogP contribution is -2.31. The van der Waals surface area contributed by atoms with Crippen LogP contribution in [0.2, 0.25) is 0 Å². The quantitative estimate of drug-likeness (QED) is 0.825. The number of aliphatic carboxylic acids is 1. The summed E-state index contributed by atoms with van der Waals surface area (Å²) in [4.78, 5) is 27.1. The van der Waals surface area contributed by atoms with Crippen molar-refractivity contribution in [1.82, 2.24) is 4.90 Å². The molecule has 1 unspecified atom stereocenters. The molecule has 0 saturated carbocycles. The molecule has 1 aromatic carbocycles. The van der Waals surface area contributed by atoms with Gasteiger partial charge in [-0.15, -0.1) is 0 Å². The van der Waals surface area contributed by atoms with Crippen LogP contribution < -0.4 is 4.90 Å². The zero-order valence-electron chi connectivity index (χ0n) is 15.1. The smallest absolute Gasteiger partial charge is 0.303 e. The van der Waals surface area contributed by atoms with Crippen LogP contribution in [-0.4, -0.2) is 41.5 Å². The molecule has 2 aromatic rings. The Bertz CT molecular complexity index is 799. The number of hydrogen-bond acceptors (Lipinski definition) is 4. The van der Waals surface area contributed by atoms with E-state index in [4.69, 9.17) is 9.52 Å². The fraction of sp³-hybridized carbons (Fsp3) is 0.400. The summed E-state index contributed by atoms with van der Waals surface area (Å²) in [6, 6.07) is 10.5. The highest BCUT2D eigenvalue weighted by molar-refractivity contribution is 5.92. The zero-order chi connectivity index (χ0) is 18.7. The summed E-state index contributed by atoms with van der Waals surface area (Å²) in [5.41, 5.74) is 3.38. The van der Waals surface area contributed by atoms with Gasteiger partial charge in [-0.2, -0.15) is 0 Å². The molecule has 1 aromatic heterocycles. The molecule has 1 amide bonds. The molecule has 6 heteroatoms. The first-order valence-corrected chi connectivity index (χ1v) is 8.85. The Hall–Kier alpha value is -2.76. The van der Waals surface area contributed by atoms with Gasteiger partial charge in [-0.25, -0.2) is 0 Å². The number of carbonyl (C=O) groups is 2. The number of furan rings is 1. The molecule has 3 rings (SSSR count). The first-order chi connectivity index (χ1) is 12.5. The number of fused-ring (bicyclic) bond motifs is 1. The van der Waals surface area contributed by atoms with E-state index in [0.717, 1.165) is 12.0 Å². The first-order valence-electron chi connectivity index (χ1n) is 8.85. The maximum Gasteiger partial charge on any atom is 0.303 e. The highest BCUT2D eigenvalue weighted by atomic mass is 16.4. The van der Waals surface area contributed by atoms with E-state index in [-0.39, 0.29) is 12.3 Å². The van der Waals surface area contributed by atoms with Crippen LogP contribution in [0, 0.1) is 0 Å². The van der Waals surface area contributed by atoms with Gasteiger partial charge in [-0.05, 0) is 37.5 Å². The Morgan fingerprint density at radius 1 is 1.31 bits per heavy atom. The number of hydrogen-bond donors (Lipinski definition) is 1. The second kappa shape index (κ2) is 7.64. The third kappa shape index (κ3) is 3.74. The van der Waals surface area contributed by atoms with E-state index in [1.807, 2.05) is 18.2 Å². The van der Waals surface area contributed by atoms with E-state index in [0.29, 0.717) is 31.3 Å². The molecule has 6 nitrogen and oxygen atoms in total. The summed E-state index contributed by atoms with van der Waals surface area (Å²) >= 11 is 0. The van der Waals surface area contributed by atoms with Crippen LogP contribution in [0.1, 0.15) is 41.4 Å². The lowest BCUT2D eigenvalue weighted by atomic mass is 10.1. The average Bonchev–Trinajstić information content (AvgIpc) is 3.19. The Labute approximate surface area is 153 Å². The number of carboxylic acids is 1. The molecule has 0 radical (unpaired) electrons. The molecule has 0 bridgehead atoms. The van der Waals surface area contributed by atoms with E-state index in [1.165, 1.54) is 16.2 Å². The van der Waals surface area contributed by atoms with Gasteiger partial charge >= 0.3 is 5.97 Å². The first kappa shape index (κ1) is 18.0. The van der Waals surface area contributed by atoms with Crippen LogP contribution in [0.4, 0.5) is 5.69 Å². The lowest BCUT2D eigenvalue weighted by molar-refractivity contribution is -0.137. The monoisotopic (exact) mass is 356 g/mol. The normalized spacial score (nSPS) is 15.8. The molecule has 1 atom stereocenters. The van der Waals surface area contributed by atoms with Crippen LogP contribution in [0.5, 0.6) is 0 Å². The van der Waals surface area contributed by atoms with Crippen LogP contribution in [0.15, 0.2) is 41.0 Å². The molecule has 0 spiro atoms. The third-order valence-corrected chi connectivity index (χ3v) is 4.86. The largest absolute Gasteiger partial charge is 0.481 e. The zero-order valence-corrected chi connectivity index (χ0v) is 15.1. The summed E-state index contributed by atoms with van der Waals surface area (Å²) in [7, 11) is 1.67. The van der Waals surface area contributed by atoms with Gasteiger partial charge in [0.05, 0.1) is 6.26 Å². The van der Waals surface area contributed by atoms with Crippen molar-refractivity contribution in [3.63, 3.8) is 0 Å². The van der Waals surface area contributed by atoms with Gasteiger partial charge in [0, 0.05) is 43.9 Å². The number of para-hydroxylation sites is 1. The fourth-order valence-electron chi connectivity index (χ4n) is 3.44. The molecule has 0 saturated heterocycles. The number of benzene rings is 1. The van der Waals surface area contributed by atoms with Gasteiger partial charge in [-0.3, -0.25) is 9.59 Å². The van der Waals surface area contributed by atoms with Crippen LogP contribution in [0.3, 0.4) is 0 Å². The predicted octanol–water partition coefficient (Wildman–Crippen LogP) is 3.17. The van der Waals surface area contributed by atoms with Crippen LogP contribution >= 0.6 is 0 Å². The van der Waals surface area contributed by atoms with Gasteiger partial charge in [0.25, 0.3) is 5.91 Å². The SMILES string of the molecule is CC1Cc2ccccc2N1Cc1ccoc1C(=O)N(C)CCCC(=O)O. The molecule has 1 aliphatic rings. The highest BCUT2D eigenvalue weighted by Gasteiger charge is 2.28. The van der Waals surface area contributed by atoms with E-state index < -0.39 is 5.97 Å². The molecular weight excluding hydrogens is 332 g/mol. The van der Waals surface area contributed by atoms with Crippen molar-refractivity contribution < 1.29 is 19.1 Å². The second-order valence-corrected chi connectivity index (χ2v) is 6.81. The van der Waals surface area contributed by atoms with Crippen LogP contribution in [-0.2, 0) is 17.8 Å². The summed E-state index contributed by atoms with van der Waals surface area (Å²) < 4.78 is 5.47. The van der Waals surface area contributed by atoms with Crippen molar-refractivity contribution in [2.24, 2.45) is 0 Å². The Morgan fingerprint density at radius 3 is 2.85 bits per heavy atom. The van der Waals surface area contributed by atoms with Gasteiger partial charge < -0.3 is 19.3 Å². The summed E-state index contributed by atoms with van der Waals surface area (Å²) in [5.74, 6) is -0.735. The van der Waals surface area contributed by atoms with Gasteiger partial charge in [0.15, 0.2) is 5.76 Å². The van der Waals surface area contributed by atoms with Crippen molar-refractivity contribution in [3.8, 4) is 0 Å². The number of rotatable bonds is 7. The van der Waals surface area contributed by atoms with Crippen molar-refractivity contribution >= 4 is 17.6 Å². The van der Waals surface area contributed by atoms with Crippen molar-refractivity contribution in [1.29, 1.82) is 0 Å². The number of anilines is 1. The van der Waals surface area contributed by atoms with E-state index in [1.54, 1.807) is 13.3 Å². The number of amides is 1. The molecule has 0 aliphatic carbocycles. The van der Waals surface area contributed by atoms with Crippen LogP contribution in [0.25, 0.3) is 0 Å². The molecule has 1 N–H and O–H groups in total. The lowest BCUT2D eigenvalue weighted by Gasteiger charge is -2.25. The Balaban J connectivity index is 1.71. The maximum absolute atomic E-state index is 12.7. The molecule has 138 valence electrons. The predicted molar refractivity (Wildman–Crippen MR) is 98.3 cm³/mol. The molecule has 0 fully saturated rings. The van der Waals surface area contributed by atoms with E-state index in [9.17, 15) is 9.59 Å². The standard InChI is InChI=1S/C20H24N2O4/c1-14-12-15-6-3-4-7-17(15)22(14)13-16-9-11-26-19(16)20(25)21(2)10-5-8-18(23)24/h3-4,6-7,9,11,14H,5,8,10,12-13H2,1-2H3,(H,23,24). The molecule has 26 heavy (non-hydrogen) atoms. The Kier molecular flexibility index (Phi) is 5.30. The average molecular weight is 356 g/mol. The van der Waals surface area contributed by atoms with Gasteiger partial charge in [-0.1, -0.05) is 18.2 Å².